The van der Waals surface area contributed by atoms with Crippen molar-refractivity contribution >= 4 is 32.1 Å². The van der Waals surface area contributed by atoms with Crippen molar-refractivity contribution in [1.82, 2.24) is 0 Å². The minimum Gasteiger partial charge on any atom is -1.00 e. The maximum atomic E-state index is 7.33. The fourth-order valence-electron chi connectivity index (χ4n) is 0. The van der Waals surface area contributed by atoms with Gasteiger partial charge in [0.25, 0.3) is 0 Å². The Morgan fingerprint density at radius 2 is 1.00 bits per heavy atom. The molecule has 0 fully saturated rings. The van der Waals surface area contributed by atoms with Crippen LogP contribution < -0.4 is 48.4 Å². The molecular weight excluding hydrogens is 162 g/mol. The van der Waals surface area contributed by atoms with Crippen LogP contribution in [0.4, 0.5) is 0 Å². The van der Waals surface area contributed by atoms with E-state index in [1.165, 1.54) is 0 Å². The van der Waals surface area contributed by atoms with E-state index in [4.69, 9.17) is 19.2 Å². The molecule has 0 bridgehead atoms. The molecule has 0 unspecified atom stereocenters. The molecule has 0 amide bonds. The van der Waals surface area contributed by atoms with Crippen LogP contribution in [0.2, 0.25) is 0 Å². The summed E-state index contributed by atoms with van der Waals surface area (Å²) in [6.45, 7) is 0. The van der Waals surface area contributed by atoms with Gasteiger partial charge in [-0.15, -0.1) is 0 Å². The molecule has 0 aliphatic heterocycles. The van der Waals surface area contributed by atoms with E-state index in [9.17, 15) is 0 Å². The first-order chi connectivity index (χ1) is 2.00. The molecule has 9 heavy (non-hydrogen) atoms. The molecule has 0 aliphatic carbocycles. The van der Waals surface area contributed by atoms with Crippen LogP contribution in [0, 0.1) is 0 Å². The van der Waals surface area contributed by atoms with Crippen LogP contribution in [0.25, 0.3) is 0 Å². The van der Waals surface area contributed by atoms with Gasteiger partial charge in [-0.1, -0.05) is 0 Å². The van der Waals surface area contributed by atoms with Crippen LogP contribution >= 0.6 is 0 Å². The Kier molecular flexibility index (Phi) is 43.5. The third-order valence-corrected chi connectivity index (χ3v) is 0. The number of rotatable bonds is 0. The monoisotopic (exact) mass is 172 g/mol. The molecule has 0 saturated heterocycles. The minimum absolute atomic E-state index is 0. The van der Waals surface area contributed by atoms with E-state index in [2.05, 4.69) is 0 Å². The fraction of sp³-hybridized carbons (Fsp3) is 0. The maximum Gasteiger partial charge on any atom is 2.00 e. The van der Waals surface area contributed by atoms with Gasteiger partial charge in [0, 0.05) is 0 Å². The van der Waals surface area contributed by atoms with Crippen molar-refractivity contribution in [3.63, 3.8) is 0 Å². The smallest absolute Gasteiger partial charge is 1.00 e. The Morgan fingerprint density at radius 1 is 1.00 bits per heavy atom. The van der Waals surface area contributed by atoms with E-state index in [1.54, 1.807) is 0 Å². The maximum absolute atomic E-state index is 7.33. The molecule has 0 aromatic carbocycles. The predicted molar refractivity (Wildman–Crippen MR) is 28.4 cm³/mol. The van der Waals surface area contributed by atoms with Crippen molar-refractivity contribution in [2.75, 3.05) is 0 Å². The Labute approximate surface area is 110 Å². The first kappa shape index (κ1) is 30.1. The van der Waals surface area contributed by atoms with Crippen molar-refractivity contribution in [1.29, 1.82) is 0 Å². The Balaban J connectivity index is -0.00000000286. The zero-order chi connectivity index (χ0) is 4.50. The van der Waals surface area contributed by atoms with E-state index in [-0.39, 0.29) is 82.7 Å². The van der Waals surface area contributed by atoms with Crippen LogP contribution in [0.5, 0.6) is 0 Å². The molecule has 0 spiro atoms. The fourth-order valence-corrected chi connectivity index (χ4v) is 0. The number of hydrogen-bond acceptors (Lipinski definition) is 4. The summed E-state index contributed by atoms with van der Waals surface area (Å²) in [5.41, 5.74) is 0. The van der Waals surface area contributed by atoms with Gasteiger partial charge in [0.15, 0.2) is 0 Å². The normalized spacial score (nSPS) is 6.67. The van der Waals surface area contributed by atoms with E-state index in [0.29, 0.717) is 0 Å². The van der Waals surface area contributed by atoms with Gasteiger partial charge < -0.3 is 30.4 Å². The summed E-state index contributed by atoms with van der Waals surface area (Å²) in [7, 11) is -4.61. The third-order valence-electron chi connectivity index (χ3n) is 0. The molecule has 0 aliphatic rings. The summed E-state index contributed by atoms with van der Waals surface area (Å²) >= 11 is 0. The van der Waals surface area contributed by atoms with Crippen LogP contribution in [0.1, 0.15) is 5.71 Å². The topological polar surface area (TPSA) is 112 Å². The van der Waals surface area contributed by atoms with Crippen molar-refractivity contribution < 1.29 is 78.8 Å². The molecule has 0 atom stereocenters. The van der Waals surface area contributed by atoms with Crippen molar-refractivity contribution in [3.05, 3.63) is 0 Å². The van der Waals surface area contributed by atoms with Gasteiger partial charge >= 0.3 is 80.5 Å². The van der Waals surface area contributed by atoms with Gasteiger partial charge in [0.2, 0.25) is 0 Å². The second-order valence-electron chi connectivity index (χ2n) is 0.600. The second-order valence-corrected chi connectivity index (χ2v) is 1.80. The quantitative estimate of drug-likeness (QED) is 0.272. The standard InChI is InChI=1S/Li.Mg.Na.H4O4Si.H2O.4H/c;;;1-5(2,3)4;;;;;/h;;;1-4H;1H2;;;;/q+1;+2;+1;;;4*-1. The number of hydrogen-bond donors (Lipinski definition) is 4. The predicted octanol–water partition coefficient (Wildman–Crippen LogP) is -9.36. The van der Waals surface area contributed by atoms with Gasteiger partial charge in [-0.3, -0.25) is 0 Å². The Bertz CT molecular complexity index is 44.0. The van der Waals surface area contributed by atoms with E-state index in [1.807, 2.05) is 0 Å². The van der Waals surface area contributed by atoms with Gasteiger partial charge in [-0.25, -0.2) is 0 Å². The Morgan fingerprint density at radius 3 is 1.00 bits per heavy atom. The molecule has 9 heteroatoms. The molecule has 6 N–H and O–H groups in total. The molecule has 0 aromatic rings. The first-order valence-corrected chi connectivity index (χ1v) is 2.68. The van der Waals surface area contributed by atoms with Crippen molar-refractivity contribution in [3.8, 4) is 0 Å². The minimum atomic E-state index is -4.61. The third kappa shape index (κ3) is 129. The van der Waals surface area contributed by atoms with Gasteiger partial charge in [0.1, 0.15) is 0 Å². The molecule has 5 nitrogen and oxygen atoms in total. The van der Waals surface area contributed by atoms with E-state index >= 15 is 0 Å². The average molecular weight is 172 g/mol. The molecule has 0 radical (unpaired) electrons. The summed E-state index contributed by atoms with van der Waals surface area (Å²) in [5.74, 6) is 0. The molecular formula is H10LiMgNaO5Si. The molecule has 48 valence electrons. The molecule has 0 heterocycles. The van der Waals surface area contributed by atoms with E-state index < -0.39 is 9.05 Å². The summed E-state index contributed by atoms with van der Waals surface area (Å²) in [6.07, 6.45) is 0. The summed E-state index contributed by atoms with van der Waals surface area (Å²) < 4.78 is 0. The molecule has 0 saturated carbocycles. The zero-order valence-corrected chi connectivity index (χ0v) is 9.91. The molecule has 0 aromatic heterocycles. The molecule has 0 rings (SSSR count). The first-order valence-electron chi connectivity index (χ1n) is 0.894. The van der Waals surface area contributed by atoms with Crippen LogP contribution in [0.15, 0.2) is 0 Å². The summed E-state index contributed by atoms with van der Waals surface area (Å²) in [5, 5.41) is 0. The zero-order valence-electron chi connectivity index (χ0n) is 9.50. The van der Waals surface area contributed by atoms with Crippen molar-refractivity contribution in [2.45, 2.75) is 0 Å². The van der Waals surface area contributed by atoms with Gasteiger partial charge in [-0.05, 0) is 0 Å². The van der Waals surface area contributed by atoms with Crippen molar-refractivity contribution in [2.24, 2.45) is 0 Å². The second kappa shape index (κ2) is 13.0. The van der Waals surface area contributed by atoms with Crippen LogP contribution in [0.3, 0.4) is 0 Å². The largest absolute Gasteiger partial charge is 2.00 e. The summed E-state index contributed by atoms with van der Waals surface area (Å²) in [6, 6.07) is 0. The van der Waals surface area contributed by atoms with Gasteiger partial charge in [-0.2, -0.15) is 0 Å². The van der Waals surface area contributed by atoms with Crippen LogP contribution in [-0.4, -0.2) is 56.8 Å². The SMILES string of the molecule is O.O[Si](O)(O)O.[H-].[H-].[H-].[H-].[Li+].[Mg+2].[Na+]. The summed E-state index contributed by atoms with van der Waals surface area (Å²) in [4.78, 5) is 29.3. The van der Waals surface area contributed by atoms with Crippen LogP contribution in [-0.2, 0) is 0 Å². The Hall–Kier alpha value is 2.38. The van der Waals surface area contributed by atoms with Gasteiger partial charge in [0.05, 0.1) is 0 Å². The average Bonchev–Trinajstić information content (AvgIpc) is 0.722. The van der Waals surface area contributed by atoms with E-state index in [0.717, 1.165) is 0 Å².